The van der Waals surface area contributed by atoms with Crippen molar-refractivity contribution in [1.29, 1.82) is 0 Å². The van der Waals surface area contributed by atoms with Crippen molar-refractivity contribution in [3.8, 4) is 28.7 Å². The van der Waals surface area contributed by atoms with Crippen LogP contribution >= 0.6 is 0 Å². The van der Waals surface area contributed by atoms with Crippen LogP contribution in [-0.2, 0) is 11.3 Å². The molecular weight excluding hydrogens is 418 g/mol. The summed E-state index contributed by atoms with van der Waals surface area (Å²) in [5.41, 5.74) is 4.21. The molecule has 0 aliphatic carbocycles. The average Bonchev–Trinajstić information content (AvgIpc) is 3.33. The minimum absolute atomic E-state index is 0.168. The number of nitrogens with one attached hydrogen (secondary N) is 1. The van der Waals surface area contributed by atoms with Gasteiger partial charge in [-0.05, 0) is 60.5 Å². The summed E-state index contributed by atoms with van der Waals surface area (Å²) in [5, 5.41) is 11.2. The second kappa shape index (κ2) is 10.6. The highest BCUT2D eigenvalue weighted by atomic mass is 16.5. The van der Waals surface area contributed by atoms with Gasteiger partial charge in [0.05, 0.1) is 6.61 Å². The summed E-state index contributed by atoms with van der Waals surface area (Å²) in [6.45, 7) is 3.39. The predicted octanol–water partition coefficient (Wildman–Crippen LogP) is 4.67. The van der Waals surface area contributed by atoms with Crippen LogP contribution in [0.4, 0.5) is 0 Å². The Kier molecular flexibility index (Phi) is 7.12. The van der Waals surface area contributed by atoms with E-state index in [1.807, 2.05) is 55.5 Å². The van der Waals surface area contributed by atoms with Gasteiger partial charge in [0.25, 0.3) is 5.91 Å². The van der Waals surface area contributed by atoms with E-state index < -0.39 is 0 Å². The molecule has 0 unspecified atom stereocenters. The summed E-state index contributed by atoms with van der Waals surface area (Å²) in [7, 11) is 1.63. The van der Waals surface area contributed by atoms with Gasteiger partial charge in [-0.25, -0.2) is 0 Å². The zero-order valence-electron chi connectivity index (χ0n) is 18.6. The van der Waals surface area contributed by atoms with Crippen LogP contribution in [0.3, 0.4) is 0 Å². The van der Waals surface area contributed by atoms with Gasteiger partial charge in [0, 0.05) is 30.3 Å². The van der Waals surface area contributed by atoms with Crippen LogP contribution in [0.2, 0.25) is 0 Å². The number of carbonyl (C=O) groups excluding carboxylic acids is 1. The molecule has 1 N–H and O–H groups in total. The number of hydrogen-bond acceptors (Lipinski definition) is 6. The molecule has 1 amide bonds. The fourth-order valence-corrected chi connectivity index (χ4v) is 3.30. The fraction of sp³-hybridized carbons (Fsp3) is 0.192. The van der Waals surface area contributed by atoms with Crippen LogP contribution in [0.5, 0.6) is 5.75 Å². The lowest BCUT2D eigenvalue weighted by molar-refractivity contribution is 0.0951. The first-order chi connectivity index (χ1) is 16.1. The number of amides is 1. The van der Waals surface area contributed by atoms with Gasteiger partial charge in [-0.15, -0.1) is 10.2 Å². The Bertz CT molecular complexity index is 1220. The van der Waals surface area contributed by atoms with Gasteiger partial charge in [0.15, 0.2) is 0 Å². The van der Waals surface area contributed by atoms with E-state index in [0.29, 0.717) is 37.1 Å². The van der Waals surface area contributed by atoms with Crippen molar-refractivity contribution < 1.29 is 18.7 Å². The molecule has 0 radical (unpaired) electrons. The average molecular weight is 444 g/mol. The first-order valence-electron chi connectivity index (χ1n) is 10.6. The minimum atomic E-state index is -0.168. The fourth-order valence-electron chi connectivity index (χ4n) is 3.30. The molecule has 1 heterocycles. The highest BCUT2D eigenvalue weighted by Gasteiger charge is 2.13. The summed E-state index contributed by atoms with van der Waals surface area (Å²) in [6.07, 6.45) is 0. The molecule has 0 aliphatic heterocycles. The predicted molar refractivity (Wildman–Crippen MR) is 125 cm³/mol. The molecule has 0 spiro atoms. The second-order valence-electron chi connectivity index (χ2n) is 7.48. The third-order valence-electron chi connectivity index (χ3n) is 5.10. The van der Waals surface area contributed by atoms with E-state index >= 15 is 0 Å². The maximum Gasteiger partial charge on any atom is 0.251 e. The van der Waals surface area contributed by atoms with Crippen molar-refractivity contribution in [1.82, 2.24) is 15.5 Å². The topological polar surface area (TPSA) is 86.5 Å². The first kappa shape index (κ1) is 22.2. The monoisotopic (exact) mass is 443 g/mol. The molecule has 0 atom stereocenters. The quantitative estimate of drug-likeness (QED) is 0.379. The molecule has 4 rings (SSSR count). The summed E-state index contributed by atoms with van der Waals surface area (Å²) >= 11 is 0. The third kappa shape index (κ3) is 5.64. The second-order valence-corrected chi connectivity index (χ2v) is 7.48. The lowest BCUT2D eigenvalue weighted by Gasteiger charge is -2.09. The Balaban J connectivity index is 1.37. The van der Waals surface area contributed by atoms with E-state index in [2.05, 4.69) is 15.5 Å². The summed E-state index contributed by atoms with van der Waals surface area (Å²) in [6, 6.07) is 22.5. The standard InChI is InChI=1S/C26H25N3O4/c1-18-6-3-4-9-23(18)26-29-28-25(33-26)21-12-10-20(11-13-21)24(30)27-17-19-7-5-8-22(16-19)32-15-14-31-2/h3-13,16H,14-15,17H2,1-2H3,(H,27,30). The number of hydrogen-bond donors (Lipinski definition) is 1. The molecule has 7 heteroatoms. The maximum absolute atomic E-state index is 12.6. The van der Waals surface area contributed by atoms with E-state index in [9.17, 15) is 4.79 Å². The molecule has 7 nitrogen and oxygen atoms in total. The molecule has 168 valence electrons. The smallest absolute Gasteiger partial charge is 0.251 e. The van der Waals surface area contributed by atoms with Gasteiger partial charge < -0.3 is 19.2 Å². The summed E-state index contributed by atoms with van der Waals surface area (Å²) < 4.78 is 16.4. The lowest BCUT2D eigenvalue weighted by atomic mass is 10.1. The van der Waals surface area contributed by atoms with Gasteiger partial charge in [-0.1, -0.05) is 30.3 Å². The third-order valence-corrected chi connectivity index (χ3v) is 5.10. The summed E-state index contributed by atoms with van der Waals surface area (Å²) in [4.78, 5) is 12.6. The number of benzene rings is 3. The van der Waals surface area contributed by atoms with Gasteiger partial charge in [0.2, 0.25) is 11.8 Å². The zero-order chi connectivity index (χ0) is 23.0. The van der Waals surface area contributed by atoms with Gasteiger partial charge in [-0.3, -0.25) is 4.79 Å². The largest absolute Gasteiger partial charge is 0.491 e. The Morgan fingerprint density at radius 1 is 0.939 bits per heavy atom. The zero-order valence-corrected chi connectivity index (χ0v) is 18.6. The molecule has 4 aromatic rings. The van der Waals surface area contributed by atoms with Crippen molar-refractivity contribution in [3.05, 3.63) is 89.5 Å². The van der Waals surface area contributed by atoms with Crippen LogP contribution in [0.25, 0.3) is 22.9 Å². The van der Waals surface area contributed by atoms with Crippen molar-refractivity contribution in [2.75, 3.05) is 20.3 Å². The maximum atomic E-state index is 12.6. The molecule has 0 aliphatic rings. The SMILES string of the molecule is COCCOc1cccc(CNC(=O)c2ccc(-c3nnc(-c4ccccc4C)o3)cc2)c1. The number of nitrogens with zero attached hydrogens (tertiary/aromatic N) is 2. The normalized spacial score (nSPS) is 10.7. The van der Waals surface area contributed by atoms with E-state index in [-0.39, 0.29) is 5.91 Å². The van der Waals surface area contributed by atoms with Crippen molar-refractivity contribution >= 4 is 5.91 Å². The van der Waals surface area contributed by atoms with Crippen molar-refractivity contribution in [3.63, 3.8) is 0 Å². The molecular formula is C26H25N3O4. The highest BCUT2D eigenvalue weighted by Crippen LogP contribution is 2.26. The van der Waals surface area contributed by atoms with Gasteiger partial charge >= 0.3 is 0 Å². The Morgan fingerprint density at radius 3 is 2.52 bits per heavy atom. The Labute approximate surface area is 192 Å². The Hall–Kier alpha value is -3.97. The molecule has 1 aromatic heterocycles. The molecule has 0 saturated heterocycles. The highest BCUT2D eigenvalue weighted by molar-refractivity contribution is 5.94. The molecule has 0 bridgehead atoms. The molecule has 0 saturated carbocycles. The van der Waals surface area contributed by atoms with Crippen LogP contribution in [0, 0.1) is 6.92 Å². The first-order valence-corrected chi connectivity index (χ1v) is 10.6. The van der Waals surface area contributed by atoms with E-state index in [1.54, 1.807) is 31.4 Å². The van der Waals surface area contributed by atoms with Gasteiger partial charge in [-0.2, -0.15) is 0 Å². The number of rotatable bonds is 9. The lowest BCUT2D eigenvalue weighted by Crippen LogP contribution is -2.22. The molecule has 3 aromatic carbocycles. The van der Waals surface area contributed by atoms with Crippen LogP contribution in [0.15, 0.2) is 77.2 Å². The summed E-state index contributed by atoms with van der Waals surface area (Å²) in [5.74, 6) is 1.45. The number of aryl methyl sites for hydroxylation is 1. The van der Waals surface area contributed by atoms with Crippen molar-refractivity contribution in [2.24, 2.45) is 0 Å². The minimum Gasteiger partial charge on any atom is -0.491 e. The molecule has 0 fully saturated rings. The molecule has 33 heavy (non-hydrogen) atoms. The number of carbonyl (C=O) groups is 1. The van der Waals surface area contributed by atoms with Crippen molar-refractivity contribution in [2.45, 2.75) is 13.5 Å². The van der Waals surface area contributed by atoms with E-state index in [0.717, 1.165) is 28.0 Å². The van der Waals surface area contributed by atoms with Crippen LogP contribution in [-0.4, -0.2) is 36.4 Å². The van der Waals surface area contributed by atoms with Crippen LogP contribution in [0.1, 0.15) is 21.5 Å². The van der Waals surface area contributed by atoms with Crippen LogP contribution < -0.4 is 10.1 Å². The van der Waals surface area contributed by atoms with Gasteiger partial charge in [0.1, 0.15) is 12.4 Å². The number of methoxy groups -OCH3 is 1. The van der Waals surface area contributed by atoms with E-state index in [1.165, 1.54) is 0 Å². The Morgan fingerprint density at radius 2 is 1.73 bits per heavy atom. The number of ether oxygens (including phenoxy) is 2. The van der Waals surface area contributed by atoms with E-state index in [4.69, 9.17) is 13.9 Å². The number of aromatic nitrogens is 2.